The minimum Gasteiger partial charge on any atom is -0.372 e. The molecule has 0 spiro atoms. The van der Waals surface area contributed by atoms with Gasteiger partial charge < -0.3 is 4.90 Å². The van der Waals surface area contributed by atoms with Crippen LogP contribution in [0.15, 0.2) is 45.0 Å². The Morgan fingerprint density at radius 3 is 2.38 bits per heavy atom. The maximum atomic E-state index is 9.29. The van der Waals surface area contributed by atoms with Crippen molar-refractivity contribution in [3.05, 3.63) is 51.5 Å². The van der Waals surface area contributed by atoms with E-state index in [0.29, 0.717) is 11.3 Å². The van der Waals surface area contributed by atoms with Gasteiger partial charge in [-0.2, -0.15) is 10.4 Å². The summed E-state index contributed by atoms with van der Waals surface area (Å²) in [6, 6.07) is 12.1. The molecule has 5 heteroatoms. The Balaban J connectivity index is 2.36. The number of aryl methyl sites for hydroxylation is 2. The number of nitriles is 1. The molecular weight excluding hydrogens is 364 g/mol. The highest BCUT2D eigenvalue weighted by atomic mass is 79.9. The van der Waals surface area contributed by atoms with Gasteiger partial charge in [-0.05, 0) is 85.1 Å². The van der Waals surface area contributed by atoms with E-state index in [9.17, 15) is 5.26 Å². The van der Waals surface area contributed by atoms with E-state index in [1.165, 1.54) is 5.69 Å². The lowest BCUT2D eigenvalue weighted by Crippen LogP contribution is -2.21. The van der Waals surface area contributed by atoms with Gasteiger partial charge >= 0.3 is 0 Å². The van der Waals surface area contributed by atoms with E-state index in [0.717, 1.165) is 34.4 Å². The fourth-order valence-corrected chi connectivity index (χ4v) is 3.22. The molecule has 0 amide bonds. The van der Waals surface area contributed by atoms with Crippen molar-refractivity contribution in [2.75, 3.05) is 18.0 Å². The summed E-state index contributed by atoms with van der Waals surface area (Å²) in [5.74, 6) is 0. The largest absolute Gasteiger partial charge is 0.372 e. The van der Waals surface area contributed by atoms with Crippen LogP contribution in [0.2, 0.25) is 0 Å². The van der Waals surface area contributed by atoms with E-state index in [-0.39, 0.29) is 0 Å². The number of halogens is 1. The summed E-state index contributed by atoms with van der Waals surface area (Å²) in [6.07, 6.45) is 0. The first-order chi connectivity index (χ1) is 11.5. The molecule has 0 fully saturated rings. The summed E-state index contributed by atoms with van der Waals surface area (Å²) in [5, 5.41) is 18.0. The molecule has 0 unspecified atom stereocenters. The quantitative estimate of drug-likeness (QED) is 0.576. The van der Waals surface area contributed by atoms with Crippen LogP contribution >= 0.6 is 15.9 Å². The average molecular weight is 385 g/mol. The smallest absolute Gasteiger partial charge is 0.118 e. The van der Waals surface area contributed by atoms with Gasteiger partial charge in [-0.3, -0.25) is 0 Å². The highest BCUT2D eigenvalue weighted by Crippen LogP contribution is 2.33. The van der Waals surface area contributed by atoms with E-state index in [1.807, 2.05) is 32.0 Å². The van der Waals surface area contributed by atoms with Crippen molar-refractivity contribution >= 4 is 33.0 Å². The number of hydrogen-bond acceptors (Lipinski definition) is 4. The van der Waals surface area contributed by atoms with Crippen LogP contribution in [0.3, 0.4) is 0 Å². The van der Waals surface area contributed by atoms with Crippen LogP contribution in [0.25, 0.3) is 0 Å². The lowest BCUT2D eigenvalue weighted by atomic mass is 10.1. The summed E-state index contributed by atoms with van der Waals surface area (Å²) >= 11 is 3.47. The molecule has 0 bridgehead atoms. The molecule has 124 valence electrons. The molecule has 2 aromatic carbocycles. The third-order valence-electron chi connectivity index (χ3n) is 3.89. The molecule has 0 aliphatic rings. The number of anilines is 1. The van der Waals surface area contributed by atoms with Gasteiger partial charge in [0.2, 0.25) is 0 Å². The normalized spacial score (nSPS) is 10.8. The third-order valence-corrected chi connectivity index (χ3v) is 4.50. The number of rotatable bonds is 5. The fourth-order valence-electron chi connectivity index (χ4n) is 2.56. The van der Waals surface area contributed by atoms with E-state index < -0.39 is 0 Å². The molecule has 2 aromatic rings. The molecular formula is C19H21BrN4. The standard InChI is InChI=1S/C19H21BrN4/c1-5-24(6-2)16-7-8-18(14(4)11-16)22-23-19-15(12-21)9-13(3)10-17(19)20/h7-11H,5-6H2,1-4H3. The van der Waals surface area contributed by atoms with Gasteiger partial charge in [0.05, 0.1) is 11.3 Å². The maximum Gasteiger partial charge on any atom is 0.118 e. The summed E-state index contributed by atoms with van der Waals surface area (Å²) in [7, 11) is 0. The van der Waals surface area contributed by atoms with Crippen LogP contribution < -0.4 is 4.90 Å². The Bertz CT molecular complexity index is 802. The van der Waals surface area contributed by atoms with E-state index in [2.05, 4.69) is 63.1 Å². The van der Waals surface area contributed by atoms with Crippen molar-refractivity contribution in [3.63, 3.8) is 0 Å². The number of azo groups is 1. The first-order valence-corrected chi connectivity index (χ1v) is 8.77. The second kappa shape index (κ2) is 8.07. The van der Waals surface area contributed by atoms with Gasteiger partial charge in [0.15, 0.2) is 0 Å². The number of hydrogen-bond donors (Lipinski definition) is 0. The monoisotopic (exact) mass is 384 g/mol. The predicted molar refractivity (Wildman–Crippen MR) is 103 cm³/mol. The van der Waals surface area contributed by atoms with Crippen molar-refractivity contribution in [1.29, 1.82) is 5.26 Å². The van der Waals surface area contributed by atoms with Crippen LogP contribution in [0.5, 0.6) is 0 Å². The van der Waals surface area contributed by atoms with E-state index in [4.69, 9.17) is 0 Å². The molecule has 0 saturated carbocycles. The summed E-state index contributed by atoms with van der Waals surface area (Å²) in [4.78, 5) is 2.29. The van der Waals surface area contributed by atoms with Crippen molar-refractivity contribution in [2.45, 2.75) is 27.7 Å². The second-order valence-electron chi connectivity index (χ2n) is 5.60. The van der Waals surface area contributed by atoms with Gasteiger partial charge in [0, 0.05) is 23.2 Å². The average Bonchev–Trinajstić information content (AvgIpc) is 2.56. The van der Waals surface area contributed by atoms with Crippen LogP contribution in [0.4, 0.5) is 17.1 Å². The second-order valence-corrected chi connectivity index (χ2v) is 6.45. The molecule has 0 aliphatic carbocycles. The Kier molecular flexibility index (Phi) is 6.10. The van der Waals surface area contributed by atoms with Gasteiger partial charge in [0.25, 0.3) is 0 Å². The fraction of sp³-hybridized carbons (Fsp3) is 0.316. The molecule has 24 heavy (non-hydrogen) atoms. The highest BCUT2D eigenvalue weighted by Gasteiger charge is 2.08. The Morgan fingerprint density at radius 1 is 1.08 bits per heavy atom. The molecule has 0 atom stereocenters. The number of nitrogens with zero attached hydrogens (tertiary/aromatic N) is 4. The Hall–Kier alpha value is -2.19. The number of benzene rings is 2. The minimum absolute atomic E-state index is 0.517. The zero-order valence-electron chi connectivity index (χ0n) is 14.5. The molecule has 0 radical (unpaired) electrons. The van der Waals surface area contributed by atoms with Gasteiger partial charge in [0.1, 0.15) is 11.8 Å². The minimum atomic E-state index is 0.517. The van der Waals surface area contributed by atoms with Crippen molar-refractivity contribution in [2.24, 2.45) is 10.2 Å². The van der Waals surface area contributed by atoms with Crippen molar-refractivity contribution in [3.8, 4) is 6.07 Å². The zero-order chi connectivity index (χ0) is 17.7. The molecule has 4 nitrogen and oxygen atoms in total. The van der Waals surface area contributed by atoms with Crippen LogP contribution in [0, 0.1) is 25.2 Å². The van der Waals surface area contributed by atoms with Crippen LogP contribution in [-0.2, 0) is 0 Å². The lowest BCUT2D eigenvalue weighted by molar-refractivity contribution is 0.865. The molecule has 2 rings (SSSR count). The first kappa shape index (κ1) is 18.2. The Labute approximate surface area is 152 Å². The van der Waals surface area contributed by atoms with Crippen LogP contribution in [0.1, 0.15) is 30.5 Å². The Morgan fingerprint density at radius 2 is 1.79 bits per heavy atom. The van der Waals surface area contributed by atoms with Gasteiger partial charge in [-0.1, -0.05) is 0 Å². The molecule has 0 aliphatic heterocycles. The summed E-state index contributed by atoms with van der Waals surface area (Å²) < 4.78 is 0.778. The zero-order valence-corrected chi connectivity index (χ0v) is 16.1. The van der Waals surface area contributed by atoms with E-state index in [1.54, 1.807) is 0 Å². The third kappa shape index (κ3) is 4.01. The van der Waals surface area contributed by atoms with E-state index >= 15 is 0 Å². The van der Waals surface area contributed by atoms with Gasteiger partial charge in [-0.15, -0.1) is 5.11 Å². The summed E-state index contributed by atoms with van der Waals surface area (Å²) in [5.41, 5.74) is 5.15. The summed E-state index contributed by atoms with van der Waals surface area (Å²) in [6.45, 7) is 10.2. The SMILES string of the molecule is CCN(CC)c1ccc(N=Nc2c(Br)cc(C)cc2C#N)c(C)c1. The highest BCUT2D eigenvalue weighted by molar-refractivity contribution is 9.10. The molecule has 0 aromatic heterocycles. The predicted octanol–water partition coefficient (Wildman–Crippen LogP) is 6.20. The van der Waals surface area contributed by atoms with Crippen molar-refractivity contribution < 1.29 is 0 Å². The van der Waals surface area contributed by atoms with Gasteiger partial charge in [-0.25, -0.2) is 0 Å². The molecule has 0 saturated heterocycles. The van der Waals surface area contributed by atoms with Crippen molar-refractivity contribution in [1.82, 2.24) is 0 Å². The van der Waals surface area contributed by atoms with Crippen LogP contribution in [-0.4, -0.2) is 13.1 Å². The molecule has 0 heterocycles. The molecule has 0 N–H and O–H groups in total. The first-order valence-electron chi connectivity index (χ1n) is 7.97. The maximum absolute atomic E-state index is 9.29. The topological polar surface area (TPSA) is 51.8 Å². The lowest BCUT2D eigenvalue weighted by Gasteiger charge is -2.21.